The molecule has 6 nitrogen and oxygen atoms in total. The summed E-state index contributed by atoms with van der Waals surface area (Å²) in [5.74, 6) is -2.00. The summed E-state index contributed by atoms with van der Waals surface area (Å²) in [7, 11) is 0. The number of carbonyl (C=O) groups excluding carboxylic acids is 3. The van der Waals surface area contributed by atoms with Crippen molar-refractivity contribution in [2.45, 2.75) is 39.7 Å². The highest BCUT2D eigenvalue weighted by atomic mass is 19.1. The number of ether oxygens (including phenoxy) is 1. The lowest BCUT2D eigenvalue weighted by molar-refractivity contribution is -0.146. The summed E-state index contributed by atoms with van der Waals surface area (Å²) < 4.78 is 18.3. The van der Waals surface area contributed by atoms with Crippen LogP contribution < -0.4 is 10.6 Å². The predicted molar refractivity (Wildman–Crippen MR) is 83.2 cm³/mol. The molecule has 2 N–H and O–H groups in total. The molecule has 0 aliphatic heterocycles. The van der Waals surface area contributed by atoms with Gasteiger partial charge in [0.1, 0.15) is 11.9 Å². The Hall–Kier alpha value is -2.44. The van der Waals surface area contributed by atoms with Crippen molar-refractivity contribution in [3.8, 4) is 0 Å². The van der Waals surface area contributed by atoms with Gasteiger partial charge in [-0.2, -0.15) is 0 Å². The van der Waals surface area contributed by atoms with Crippen molar-refractivity contribution in [2.75, 3.05) is 11.9 Å². The summed E-state index contributed by atoms with van der Waals surface area (Å²) in [5, 5.41) is 4.85. The molecule has 0 aromatic heterocycles. The van der Waals surface area contributed by atoms with Crippen LogP contribution in [-0.4, -0.2) is 30.4 Å². The fourth-order valence-corrected chi connectivity index (χ4v) is 1.81. The molecule has 0 radical (unpaired) electrons. The summed E-state index contributed by atoms with van der Waals surface area (Å²) in [6.45, 7) is 5.17. The second-order valence-electron chi connectivity index (χ2n) is 5.07. The minimum atomic E-state index is -0.778. The molecule has 7 heteroatoms. The average Bonchev–Trinajstić information content (AvgIpc) is 2.49. The minimum absolute atomic E-state index is 0.0790. The Morgan fingerprint density at radius 1 is 1.22 bits per heavy atom. The van der Waals surface area contributed by atoms with E-state index in [1.165, 1.54) is 19.1 Å². The molecule has 0 unspecified atom stereocenters. The zero-order chi connectivity index (χ0) is 17.4. The van der Waals surface area contributed by atoms with E-state index in [1.807, 2.05) is 0 Å². The Morgan fingerprint density at radius 2 is 1.87 bits per heavy atom. The summed E-state index contributed by atoms with van der Waals surface area (Å²) in [4.78, 5) is 34.8. The highest BCUT2D eigenvalue weighted by Crippen LogP contribution is 2.15. The molecule has 0 saturated carbocycles. The molecule has 0 spiro atoms. The standard InChI is InChI=1S/C16H21FN2O4/c1-4-23-16(22)11(3)18-14(20)7-8-15(21)19-13-9-10(2)5-6-12(13)17/h5-6,9,11H,4,7-8H2,1-3H3,(H,18,20)(H,19,21)/t11-/m0/s1. The van der Waals surface area contributed by atoms with E-state index in [4.69, 9.17) is 4.74 Å². The van der Waals surface area contributed by atoms with Gasteiger partial charge in [-0.1, -0.05) is 6.07 Å². The molecule has 1 rings (SSSR count). The van der Waals surface area contributed by atoms with Crippen molar-refractivity contribution >= 4 is 23.5 Å². The number of rotatable bonds is 7. The molecular weight excluding hydrogens is 303 g/mol. The van der Waals surface area contributed by atoms with Crippen molar-refractivity contribution < 1.29 is 23.5 Å². The van der Waals surface area contributed by atoms with E-state index < -0.39 is 29.6 Å². The number of amides is 2. The van der Waals surface area contributed by atoms with E-state index in [9.17, 15) is 18.8 Å². The zero-order valence-corrected chi connectivity index (χ0v) is 13.4. The quantitative estimate of drug-likeness (QED) is 0.751. The largest absolute Gasteiger partial charge is 0.464 e. The van der Waals surface area contributed by atoms with Crippen molar-refractivity contribution in [3.63, 3.8) is 0 Å². The number of aryl methyl sites for hydroxylation is 1. The van der Waals surface area contributed by atoms with Crippen LogP contribution in [0.5, 0.6) is 0 Å². The molecule has 1 atom stereocenters. The summed E-state index contributed by atoms with van der Waals surface area (Å²) in [5.41, 5.74) is 0.887. The fraction of sp³-hybridized carbons (Fsp3) is 0.438. The van der Waals surface area contributed by atoms with E-state index in [1.54, 1.807) is 19.9 Å². The van der Waals surface area contributed by atoms with E-state index in [-0.39, 0.29) is 25.1 Å². The van der Waals surface area contributed by atoms with Crippen LogP contribution in [0.2, 0.25) is 0 Å². The van der Waals surface area contributed by atoms with Gasteiger partial charge < -0.3 is 15.4 Å². The molecule has 23 heavy (non-hydrogen) atoms. The topological polar surface area (TPSA) is 84.5 Å². The summed E-state index contributed by atoms with van der Waals surface area (Å²) in [6, 6.07) is 3.59. The highest BCUT2D eigenvalue weighted by Gasteiger charge is 2.17. The number of hydrogen-bond donors (Lipinski definition) is 2. The number of halogens is 1. The van der Waals surface area contributed by atoms with Crippen molar-refractivity contribution in [2.24, 2.45) is 0 Å². The number of hydrogen-bond acceptors (Lipinski definition) is 4. The van der Waals surface area contributed by atoms with Gasteiger partial charge in [0.2, 0.25) is 11.8 Å². The molecular formula is C16H21FN2O4. The van der Waals surface area contributed by atoms with Gasteiger partial charge in [0, 0.05) is 12.8 Å². The first-order valence-corrected chi connectivity index (χ1v) is 7.35. The molecule has 126 valence electrons. The lowest BCUT2D eigenvalue weighted by Gasteiger charge is -2.12. The van der Waals surface area contributed by atoms with Gasteiger partial charge >= 0.3 is 5.97 Å². The van der Waals surface area contributed by atoms with Gasteiger partial charge in [-0.05, 0) is 38.5 Å². The fourth-order valence-electron chi connectivity index (χ4n) is 1.81. The number of carbonyl (C=O) groups is 3. The maximum atomic E-state index is 13.5. The van der Waals surface area contributed by atoms with Gasteiger partial charge in [-0.25, -0.2) is 9.18 Å². The maximum absolute atomic E-state index is 13.5. The number of esters is 1. The van der Waals surface area contributed by atoms with E-state index in [0.717, 1.165) is 5.56 Å². The Labute approximate surface area is 134 Å². The SMILES string of the molecule is CCOC(=O)[C@H](C)NC(=O)CCC(=O)Nc1cc(C)ccc1F. The van der Waals surface area contributed by atoms with Gasteiger partial charge in [0.25, 0.3) is 0 Å². The van der Waals surface area contributed by atoms with Gasteiger partial charge in [-0.15, -0.1) is 0 Å². The third kappa shape index (κ3) is 6.46. The summed E-state index contributed by atoms with van der Waals surface area (Å²) in [6.07, 6.45) is -0.224. The average molecular weight is 324 g/mol. The molecule has 1 aromatic carbocycles. The maximum Gasteiger partial charge on any atom is 0.328 e. The third-order valence-electron chi connectivity index (χ3n) is 2.99. The Bertz CT molecular complexity index is 589. The first-order chi connectivity index (χ1) is 10.8. The van der Waals surface area contributed by atoms with Crippen molar-refractivity contribution in [1.29, 1.82) is 0 Å². The van der Waals surface area contributed by atoms with Gasteiger partial charge in [0.15, 0.2) is 0 Å². The lowest BCUT2D eigenvalue weighted by Crippen LogP contribution is -2.39. The van der Waals surface area contributed by atoms with Crippen molar-refractivity contribution in [1.82, 2.24) is 5.32 Å². The number of nitrogens with one attached hydrogen (secondary N) is 2. The second kappa shape index (κ2) is 8.87. The first kappa shape index (κ1) is 18.6. The van der Waals surface area contributed by atoms with Gasteiger partial charge in [0.05, 0.1) is 12.3 Å². The van der Waals surface area contributed by atoms with E-state index >= 15 is 0 Å². The molecule has 0 aliphatic carbocycles. The molecule has 2 amide bonds. The van der Waals surface area contributed by atoms with Crippen LogP contribution >= 0.6 is 0 Å². The molecule has 0 bridgehead atoms. The summed E-state index contributed by atoms with van der Waals surface area (Å²) >= 11 is 0. The molecule has 0 heterocycles. The number of benzene rings is 1. The van der Waals surface area contributed by atoms with Gasteiger partial charge in [-0.3, -0.25) is 9.59 Å². The minimum Gasteiger partial charge on any atom is -0.464 e. The Morgan fingerprint density at radius 3 is 2.52 bits per heavy atom. The monoisotopic (exact) mass is 324 g/mol. The molecule has 0 saturated heterocycles. The Kier molecular flexibility index (Phi) is 7.18. The molecule has 0 aliphatic rings. The van der Waals surface area contributed by atoms with Crippen LogP contribution in [0.15, 0.2) is 18.2 Å². The second-order valence-corrected chi connectivity index (χ2v) is 5.07. The molecule has 0 fully saturated rings. The normalized spacial score (nSPS) is 11.5. The zero-order valence-electron chi connectivity index (χ0n) is 13.4. The number of anilines is 1. The first-order valence-electron chi connectivity index (χ1n) is 7.35. The van der Waals surface area contributed by atoms with Crippen LogP contribution in [-0.2, 0) is 19.1 Å². The smallest absolute Gasteiger partial charge is 0.328 e. The van der Waals surface area contributed by atoms with Crippen molar-refractivity contribution in [3.05, 3.63) is 29.6 Å². The predicted octanol–water partition coefficient (Wildman–Crippen LogP) is 1.92. The molecule has 1 aromatic rings. The van der Waals surface area contributed by atoms with E-state index in [0.29, 0.717) is 0 Å². The van der Waals surface area contributed by atoms with Crippen LogP contribution in [0.3, 0.4) is 0 Å². The van der Waals surface area contributed by atoms with Crippen LogP contribution in [0.25, 0.3) is 0 Å². The lowest BCUT2D eigenvalue weighted by atomic mass is 10.2. The van der Waals surface area contributed by atoms with Crippen LogP contribution in [0.1, 0.15) is 32.3 Å². The third-order valence-corrected chi connectivity index (χ3v) is 2.99. The van der Waals surface area contributed by atoms with Crippen LogP contribution in [0.4, 0.5) is 10.1 Å². The highest BCUT2D eigenvalue weighted by molar-refractivity contribution is 5.94. The Balaban J connectivity index is 2.42. The van der Waals surface area contributed by atoms with Crippen LogP contribution in [0, 0.1) is 12.7 Å². The van der Waals surface area contributed by atoms with E-state index in [2.05, 4.69) is 10.6 Å².